The number of fused-ring (bicyclic) bond motifs is 4. The number of carbonyl (C=O) groups is 1. The summed E-state index contributed by atoms with van der Waals surface area (Å²) >= 11 is 0. The fraction of sp³-hybridized carbons (Fsp3) is 0.353. The number of para-hydroxylation sites is 2. The molecule has 1 N–H and O–H groups in total. The summed E-state index contributed by atoms with van der Waals surface area (Å²) in [5, 5.41) is 3.63. The number of hydrogen-bond donors (Lipinski definition) is 1. The van der Waals surface area contributed by atoms with Gasteiger partial charge in [-0.15, -0.1) is 0 Å². The maximum Gasteiger partial charge on any atom is 0.209 e. The van der Waals surface area contributed by atoms with Gasteiger partial charge in [0.25, 0.3) is 0 Å². The van der Waals surface area contributed by atoms with Crippen molar-refractivity contribution in [1.82, 2.24) is 9.55 Å². The average Bonchev–Trinajstić information content (AvgIpc) is 3.28. The Morgan fingerprint density at radius 1 is 0.974 bits per heavy atom. The van der Waals surface area contributed by atoms with E-state index in [1.54, 1.807) is 0 Å². The molecule has 7 rings (SSSR count). The van der Waals surface area contributed by atoms with Crippen LogP contribution in [0, 0.1) is 6.92 Å². The van der Waals surface area contributed by atoms with Crippen LogP contribution in [0.15, 0.2) is 78.0 Å². The van der Waals surface area contributed by atoms with Gasteiger partial charge < -0.3 is 10.2 Å². The zero-order chi connectivity index (χ0) is 27.1. The van der Waals surface area contributed by atoms with E-state index in [0.717, 1.165) is 46.7 Å². The highest BCUT2D eigenvalue weighted by molar-refractivity contribution is 6.01. The number of carbonyl (C=O) groups excluding carboxylic acids is 1. The molecule has 0 radical (unpaired) electrons. The summed E-state index contributed by atoms with van der Waals surface area (Å²) < 4.78 is 2.25. The normalized spacial score (nSPS) is 23.8. The highest BCUT2D eigenvalue weighted by Gasteiger charge is 2.41. The van der Waals surface area contributed by atoms with E-state index in [4.69, 9.17) is 4.98 Å². The van der Waals surface area contributed by atoms with E-state index in [2.05, 4.69) is 110 Å². The van der Waals surface area contributed by atoms with E-state index in [9.17, 15) is 4.79 Å². The summed E-state index contributed by atoms with van der Waals surface area (Å²) in [7, 11) is 2.20. The van der Waals surface area contributed by atoms with Gasteiger partial charge in [0, 0.05) is 36.0 Å². The molecule has 1 aliphatic carbocycles. The Morgan fingerprint density at radius 3 is 2.56 bits per heavy atom. The Bertz CT molecular complexity index is 1680. The predicted octanol–water partition coefficient (Wildman–Crippen LogP) is 7.48. The molecule has 0 fully saturated rings. The molecule has 5 heteroatoms. The van der Waals surface area contributed by atoms with Gasteiger partial charge in [0.05, 0.1) is 17.1 Å². The number of anilines is 2. The summed E-state index contributed by atoms with van der Waals surface area (Å²) in [6.45, 7) is 9.12. The summed E-state index contributed by atoms with van der Waals surface area (Å²) in [6.07, 6.45) is 2.43. The molecule has 3 aliphatic rings. The molecular formula is C34H36N4O. The number of imidazole rings is 1. The SMILES string of the molecule is Cc1ccccc1[C@@H]1CC(=O)C2=C(C1)Nc1nc3ccccc3n1[C@@H]2c1ccc2c(c1)[C@@H](C)CC(C)(C)N2C. The topological polar surface area (TPSA) is 50.2 Å². The van der Waals surface area contributed by atoms with E-state index >= 15 is 0 Å². The Labute approximate surface area is 230 Å². The molecule has 5 nitrogen and oxygen atoms in total. The Morgan fingerprint density at radius 2 is 1.74 bits per heavy atom. The smallest absolute Gasteiger partial charge is 0.209 e. The molecule has 0 saturated heterocycles. The van der Waals surface area contributed by atoms with Crippen LogP contribution in [0.25, 0.3) is 11.0 Å². The van der Waals surface area contributed by atoms with Crippen molar-refractivity contribution < 1.29 is 4.79 Å². The molecule has 0 amide bonds. The maximum atomic E-state index is 14.1. The number of nitrogens with one attached hydrogen (secondary N) is 1. The van der Waals surface area contributed by atoms with E-state index in [1.807, 2.05) is 6.07 Å². The van der Waals surface area contributed by atoms with Crippen LogP contribution in [0.1, 0.15) is 80.2 Å². The number of hydrogen-bond acceptors (Lipinski definition) is 4. The van der Waals surface area contributed by atoms with Crippen LogP contribution in [-0.4, -0.2) is 27.9 Å². The Hall–Kier alpha value is -3.86. The fourth-order valence-corrected chi connectivity index (χ4v) is 7.37. The largest absolute Gasteiger partial charge is 0.369 e. The van der Waals surface area contributed by atoms with Gasteiger partial charge >= 0.3 is 0 Å². The van der Waals surface area contributed by atoms with Gasteiger partial charge in [-0.25, -0.2) is 4.98 Å². The Kier molecular flexibility index (Phi) is 5.32. The minimum Gasteiger partial charge on any atom is -0.369 e. The van der Waals surface area contributed by atoms with Gasteiger partial charge in [0.1, 0.15) is 0 Å². The fourth-order valence-electron chi connectivity index (χ4n) is 7.37. The lowest BCUT2D eigenvalue weighted by atomic mass is 9.75. The van der Waals surface area contributed by atoms with Gasteiger partial charge in [-0.2, -0.15) is 0 Å². The van der Waals surface area contributed by atoms with Crippen LogP contribution in [0.3, 0.4) is 0 Å². The number of ketones is 1. The van der Waals surface area contributed by atoms with Gasteiger partial charge in [0.15, 0.2) is 5.78 Å². The highest BCUT2D eigenvalue weighted by Crippen LogP contribution is 2.49. The number of aryl methyl sites for hydroxylation is 1. The zero-order valence-electron chi connectivity index (χ0n) is 23.5. The first kappa shape index (κ1) is 24.2. The van der Waals surface area contributed by atoms with Crippen molar-refractivity contribution >= 4 is 28.5 Å². The predicted molar refractivity (Wildman–Crippen MR) is 159 cm³/mol. The Balaban J connectivity index is 1.41. The highest BCUT2D eigenvalue weighted by atomic mass is 16.1. The first-order chi connectivity index (χ1) is 18.7. The standard InChI is InChI=1S/C34H36N4O/c1-20-10-6-7-11-24(20)23-17-27-31(30(39)18-23)32(38-29-13-9-8-12-26(29)35-33(38)36-27)22-14-15-28-25(16-22)21(2)19-34(3,4)37(28)5/h6-16,21,23,32H,17-19H2,1-5H3,(H,35,36)/t21-,23-,32+/m0/s1. The quantitative estimate of drug-likeness (QED) is 0.300. The number of allylic oxidation sites excluding steroid dienone is 2. The molecule has 0 unspecified atom stereocenters. The summed E-state index contributed by atoms with van der Waals surface area (Å²) in [5.41, 5.74) is 10.3. The van der Waals surface area contributed by atoms with Crippen LogP contribution in [0.2, 0.25) is 0 Å². The molecule has 198 valence electrons. The molecule has 1 aromatic heterocycles. The van der Waals surface area contributed by atoms with Crippen molar-refractivity contribution in [3.05, 3.63) is 100 Å². The van der Waals surface area contributed by atoms with E-state index < -0.39 is 0 Å². The molecule has 3 aromatic carbocycles. The third kappa shape index (κ3) is 3.66. The van der Waals surface area contributed by atoms with Crippen LogP contribution in [0.4, 0.5) is 11.6 Å². The van der Waals surface area contributed by atoms with Crippen LogP contribution in [0.5, 0.6) is 0 Å². The maximum absolute atomic E-state index is 14.1. The van der Waals surface area contributed by atoms with Crippen molar-refractivity contribution in [1.29, 1.82) is 0 Å². The van der Waals surface area contributed by atoms with Crippen LogP contribution >= 0.6 is 0 Å². The average molecular weight is 517 g/mol. The van der Waals surface area contributed by atoms with Crippen molar-refractivity contribution in [3.63, 3.8) is 0 Å². The molecule has 3 atom stereocenters. The van der Waals surface area contributed by atoms with Crippen molar-refractivity contribution in [3.8, 4) is 0 Å². The molecular weight excluding hydrogens is 480 g/mol. The van der Waals surface area contributed by atoms with Crippen LogP contribution < -0.4 is 10.2 Å². The number of nitrogens with zero attached hydrogens (tertiary/aromatic N) is 3. The second-order valence-corrected chi connectivity index (χ2v) is 12.4. The van der Waals surface area contributed by atoms with Gasteiger partial charge in [0.2, 0.25) is 5.95 Å². The minimum atomic E-state index is -0.202. The third-order valence-corrected chi connectivity index (χ3v) is 9.50. The molecule has 39 heavy (non-hydrogen) atoms. The first-order valence-electron chi connectivity index (χ1n) is 14.2. The molecule has 4 aromatic rings. The van der Waals surface area contributed by atoms with Crippen molar-refractivity contribution in [2.75, 3.05) is 17.3 Å². The molecule has 0 spiro atoms. The lowest BCUT2D eigenvalue weighted by molar-refractivity contribution is -0.116. The molecule has 0 bridgehead atoms. The van der Waals surface area contributed by atoms with E-state index in [1.165, 1.54) is 22.4 Å². The molecule has 0 saturated carbocycles. The second kappa shape index (κ2) is 8.57. The molecule has 3 heterocycles. The monoisotopic (exact) mass is 516 g/mol. The van der Waals surface area contributed by atoms with Gasteiger partial charge in [-0.3, -0.25) is 9.36 Å². The van der Waals surface area contributed by atoms with E-state index in [-0.39, 0.29) is 23.3 Å². The zero-order valence-corrected chi connectivity index (χ0v) is 23.5. The van der Waals surface area contributed by atoms with Crippen LogP contribution in [-0.2, 0) is 4.79 Å². The minimum absolute atomic E-state index is 0.107. The number of rotatable bonds is 2. The summed E-state index contributed by atoms with van der Waals surface area (Å²) in [5.74, 6) is 1.66. The number of benzene rings is 3. The van der Waals surface area contributed by atoms with Crippen molar-refractivity contribution in [2.24, 2.45) is 0 Å². The number of Topliss-reactive ketones (excluding diaryl/α,β-unsaturated/α-hetero) is 1. The van der Waals surface area contributed by atoms with Gasteiger partial charge in [-0.05, 0) is 85.9 Å². The van der Waals surface area contributed by atoms with E-state index in [0.29, 0.717) is 12.3 Å². The van der Waals surface area contributed by atoms with Crippen molar-refractivity contribution in [2.45, 2.75) is 70.4 Å². The number of aromatic nitrogens is 2. The lowest BCUT2D eigenvalue weighted by Crippen LogP contribution is -2.45. The van der Waals surface area contributed by atoms with Gasteiger partial charge in [-0.1, -0.05) is 55.5 Å². The molecule has 2 aliphatic heterocycles. The summed E-state index contributed by atoms with van der Waals surface area (Å²) in [6, 6.07) is 23.4. The summed E-state index contributed by atoms with van der Waals surface area (Å²) in [4.78, 5) is 21.5. The first-order valence-corrected chi connectivity index (χ1v) is 14.2. The second-order valence-electron chi connectivity index (χ2n) is 12.4. The third-order valence-electron chi connectivity index (χ3n) is 9.50. The lowest BCUT2D eigenvalue weighted by Gasteiger charge is -2.46.